The Labute approximate surface area is 161 Å². The lowest BCUT2D eigenvalue weighted by atomic mass is 9.90. The smallest absolute Gasteiger partial charge is 0.338 e. The molecule has 0 fully saturated rings. The monoisotopic (exact) mass is 384 g/mol. The summed E-state index contributed by atoms with van der Waals surface area (Å²) in [4.78, 5) is 34.7. The third-order valence-electron chi connectivity index (χ3n) is 4.59. The van der Waals surface area contributed by atoms with Crippen molar-refractivity contribution in [2.75, 3.05) is 19.0 Å². The molecule has 28 heavy (non-hydrogen) atoms. The molecule has 1 aliphatic carbocycles. The average Bonchev–Trinajstić information content (AvgIpc) is 2.71. The van der Waals surface area contributed by atoms with Crippen molar-refractivity contribution in [1.82, 2.24) is 0 Å². The van der Waals surface area contributed by atoms with Gasteiger partial charge < -0.3 is 14.8 Å². The molecule has 146 valence electrons. The Morgan fingerprint density at radius 1 is 1.11 bits per heavy atom. The van der Waals surface area contributed by atoms with E-state index in [0.29, 0.717) is 5.56 Å². The number of nitrogens with one attached hydrogen (secondary N) is 1. The lowest BCUT2D eigenvalue weighted by Gasteiger charge is -2.16. The SMILES string of the molecule is COc1ccc([N+](=O)[O-])cc1NC(=O)COC(=O)c1ccc2c(c1)CCCC2. The van der Waals surface area contributed by atoms with Crippen LogP contribution >= 0.6 is 0 Å². The van der Waals surface area contributed by atoms with E-state index >= 15 is 0 Å². The number of benzene rings is 2. The summed E-state index contributed by atoms with van der Waals surface area (Å²) in [5, 5.41) is 13.4. The Bertz CT molecular complexity index is 925. The van der Waals surface area contributed by atoms with Crippen LogP contribution in [0.15, 0.2) is 36.4 Å². The molecule has 1 amide bonds. The first-order valence-corrected chi connectivity index (χ1v) is 8.89. The van der Waals surface area contributed by atoms with Crippen molar-refractivity contribution in [3.63, 3.8) is 0 Å². The number of non-ortho nitro benzene ring substituents is 1. The normalized spacial score (nSPS) is 12.6. The van der Waals surface area contributed by atoms with E-state index < -0.39 is 23.4 Å². The Morgan fingerprint density at radius 3 is 2.57 bits per heavy atom. The Kier molecular flexibility index (Phi) is 5.88. The molecule has 3 rings (SSSR count). The van der Waals surface area contributed by atoms with Gasteiger partial charge in [-0.05, 0) is 55.0 Å². The number of hydrogen-bond donors (Lipinski definition) is 1. The van der Waals surface area contributed by atoms with E-state index in [-0.39, 0.29) is 17.1 Å². The van der Waals surface area contributed by atoms with E-state index in [0.717, 1.165) is 31.2 Å². The maximum absolute atomic E-state index is 12.2. The van der Waals surface area contributed by atoms with E-state index in [1.165, 1.54) is 30.9 Å². The second-order valence-electron chi connectivity index (χ2n) is 6.46. The van der Waals surface area contributed by atoms with Gasteiger partial charge in [0.05, 0.1) is 23.3 Å². The Hall–Kier alpha value is -3.42. The van der Waals surface area contributed by atoms with E-state index in [4.69, 9.17) is 9.47 Å². The van der Waals surface area contributed by atoms with Crippen LogP contribution in [0.2, 0.25) is 0 Å². The molecule has 0 unspecified atom stereocenters. The van der Waals surface area contributed by atoms with Gasteiger partial charge in [-0.1, -0.05) is 6.07 Å². The number of nitro groups is 1. The van der Waals surface area contributed by atoms with Crippen LogP contribution in [0.1, 0.15) is 34.3 Å². The van der Waals surface area contributed by atoms with E-state index in [1.807, 2.05) is 12.1 Å². The molecule has 2 aromatic carbocycles. The molecule has 0 aromatic heterocycles. The Balaban J connectivity index is 1.62. The predicted molar refractivity (Wildman–Crippen MR) is 102 cm³/mol. The molecule has 1 aliphatic rings. The molecule has 1 N–H and O–H groups in total. The molecule has 0 spiro atoms. The summed E-state index contributed by atoms with van der Waals surface area (Å²) in [6, 6.07) is 9.28. The van der Waals surface area contributed by atoms with Crippen LogP contribution in [0, 0.1) is 10.1 Å². The lowest BCUT2D eigenvalue weighted by Crippen LogP contribution is -2.21. The summed E-state index contributed by atoms with van der Waals surface area (Å²) < 4.78 is 10.2. The van der Waals surface area contributed by atoms with Crippen LogP contribution in [0.4, 0.5) is 11.4 Å². The zero-order valence-electron chi connectivity index (χ0n) is 15.4. The zero-order valence-corrected chi connectivity index (χ0v) is 15.4. The molecule has 0 bridgehead atoms. The fraction of sp³-hybridized carbons (Fsp3) is 0.300. The van der Waals surface area contributed by atoms with Gasteiger partial charge in [-0.15, -0.1) is 0 Å². The molecular weight excluding hydrogens is 364 g/mol. The highest BCUT2D eigenvalue weighted by atomic mass is 16.6. The molecule has 2 aromatic rings. The van der Waals surface area contributed by atoms with Gasteiger partial charge in [-0.2, -0.15) is 0 Å². The van der Waals surface area contributed by atoms with E-state index in [2.05, 4.69) is 5.32 Å². The summed E-state index contributed by atoms with van der Waals surface area (Å²) >= 11 is 0. The first-order valence-electron chi connectivity index (χ1n) is 8.89. The number of nitro benzene ring substituents is 1. The summed E-state index contributed by atoms with van der Waals surface area (Å²) in [6.45, 7) is -0.512. The highest BCUT2D eigenvalue weighted by Crippen LogP contribution is 2.28. The van der Waals surface area contributed by atoms with Gasteiger partial charge in [0.1, 0.15) is 5.75 Å². The number of methoxy groups -OCH3 is 1. The van der Waals surface area contributed by atoms with Crippen molar-refractivity contribution in [2.45, 2.75) is 25.7 Å². The summed E-state index contributed by atoms with van der Waals surface area (Å²) in [6.07, 6.45) is 4.19. The van der Waals surface area contributed by atoms with Gasteiger partial charge in [-0.25, -0.2) is 4.79 Å². The molecule has 0 aliphatic heterocycles. The van der Waals surface area contributed by atoms with E-state index in [9.17, 15) is 19.7 Å². The van der Waals surface area contributed by atoms with Gasteiger partial charge in [0.25, 0.3) is 11.6 Å². The van der Waals surface area contributed by atoms with Gasteiger partial charge >= 0.3 is 5.97 Å². The second kappa shape index (κ2) is 8.51. The molecule has 0 saturated carbocycles. The van der Waals surface area contributed by atoms with Crippen LogP contribution < -0.4 is 10.1 Å². The quantitative estimate of drug-likeness (QED) is 0.465. The molecule has 8 nitrogen and oxygen atoms in total. The zero-order chi connectivity index (χ0) is 20.1. The third-order valence-corrected chi connectivity index (χ3v) is 4.59. The van der Waals surface area contributed by atoms with Crippen molar-refractivity contribution >= 4 is 23.3 Å². The highest BCUT2D eigenvalue weighted by molar-refractivity contribution is 5.96. The molecule has 0 heterocycles. The van der Waals surface area contributed by atoms with Crippen molar-refractivity contribution in [3.8, 4) is 5.75 Å². The Morgan fingerprint density at radius 2 is 1.86 bits per heavy atom. The minimum atomic E-state index is -0.620. The van der Waals surface area contributed by atoms with Crippen molar-refractivity contribution in [1.29, 1.82) is 0 Å². The summed E-state index contributed by atoms with van der Waals surface area (Å²) in [5.41, 5.74) is 2.74. The molecule has 8 heteroatoms. The molecule has 0 saturated heterocycles. The number of amides is 1. The first kappa shape index (κ1) is 19.3. The number of ether oxygens (including phenoxy) is 2. The van der Waals surface area contributed by atoms with Crippen LogP contribution in [0.25, 0.3) is 0 Å². The standard InChI is InChI=1S/C20H20N2O6/c1-27-18-9-8-16(22(25)26)11-17(18)21-19(23)12-28-20(24)15-7-6-13-4-2-3-5-14(13)10-15/h6-11H,2-5,12H2,1H3,(H,21,23). The number of rotatable bonds is 6. The fourth-order valence-electron chi connectivity index (χ4n) is 3.17. The molecule has 0 radical (unpaired) electrons. The summed E-state index contributed by atoms with van der Waals surface area (Å²) in [7, 11) is 1.38. The summed E-state index contributed by atoms with van der Waals surface area (Å²) in [5.74, 6) is -0.945. The second-order valence-corrected chi connectivity index (χ2v) is 6.46. The number of hydrogen-bond acceptors (Lipinski definition) is 6. The van der Waals surface area contributed by atoms with Crippen LogP contribution in [0.5, 0.6) is 5.75 Å². The number of aryl methyl sites for hydroxylation is 2. The number of fused-ring (bicyclic) bond motifs is 1. The van der Waals surface area contributed by atoms with Gasteiger partial charge in [0.15, 0.2) is 6.61 Å². The average molecular weight is 384 g/mol. The fourth-order valence-corrected chi connectivity index (χ4v) is 3.17. The van der Waals surface area contributed by atoms with Gasteiger partial charge in [0.2, 0.25) is 0 Å². The number of anilines is 1. The highest BCUT2D eigenvalue weighted by Gasteiger charge is 2.17. The van der Waals surface area contributed by atoms with Crippen LogP contribution in [-0.2, 0) is 22.4 Å². The number of carbonyl (C=O) groups is 2. The molecular formula is C20H20N2O6. The van der Waals surface area contributed by atoms with E-state index in [1.54, 1.807) is 6.07 Å². The van der Waals surface area contributed by atoms with Crippen LogP contribution in [0.3, 0.4) is 0 Å². The molecule has 0 atom stereocenters. The third kappa shape index (κ3) is 4.46. The number of carbonyl (C=O) groups excluding carboxylic acids is 2. The van der Waals surface area contributed by atoms with Crippen molar-refractivity contribution < 1.29 is 24.0 Å². The lowest BCUT2D eigenvalue weighted by molar-refractivity contribution is -0.384. The predicted octanol–water partition coefficient (Wildman–Crippen LogP) is 3.28. The van der Waals surface area contributed by atoms with Gasteiger partial charge in [0, 0.05) is 12.1 Å². The van der Waals surface area contributed by atoms with Crippen molar-refractivity contribution in [3.05, 3.63) is 63.2 Å². The largest absolute Gasteiger partial charge is 0.495 e. The maximum atomic E-state index is 12.2. The minimum Gasteiger partial charge on any atom is -0.495 e. The number of nitrogens with zero attached hydrogens (tertiary/aromatic N) is 1. The number of esters is 1. The minimum absolute atomic E-state index is 0.131. The first-order chi connectivity index (χ1) is 13.5. The topological polar surface area (TPSA) is 108 Å². The van der Waals surface area contributed by atoms with Crippen molar-refractivity contribution in [2.24, 2.45) is 0 Å². The van der Waals surface area contributed by atoms with Gasteiger partial charge in [-0.3, -0.25) is 14.9 Å². The maximum Gasteiger partial charge on any atom is 0.338 e. The van der Waals surface area contributed by atoms with Crippen LogP contribution in [-0.4, -0.2) is 30.5 Å².